The van der Waals surface area contributed by atoms with Gasteiger partial charge in [0.1, 0.15) is 6.04 Å². The van der Waals surface area contributed by atoms with Gasteiger partial charge in [0.25, 0.3) is 0 Å². The first kappa shape index (κ1) is 10.9. The van der Waals surface area contributed by atoms with E-state index in [0.717, 1.165) is 7.62 Å². The van der Waals surface area contributed by atoms with Crippen LogP contribution in [-0.2, 0) is 14.2 Å². The summed E-state index contributed by atoms with van der Waals surface area (Å²) >= 11 is 0. The summed E-state index contributed by atoms with van der Waals surface area (Å²) in [5.41, 5.74) is 4.81. The van der Waals surface area contributed by atoms with Gasteiger partial charge in [-0.15, -0.1) is 0 Å². The van der Waals surface area contributed by atoms with E-state index in [1.54, 1.807) is 0 Å². The van der Waals surface area contributed by atoms with Gasteiger partial charge in [-0.25, -0.2) is 0 Å². The molecule has 0 rings (SSSR count). The van der Waals surface area contributed by atoms with Crippen molar-refractivity contribution in [3.8, 4) is 0 Å². The SMILES string of the molecule is CO[B]N[C@H](CC(N)=O)C(=O)O. The van der Waals surface area contributed by atoms with Crippen molar-refractivity contribution in [1.29, 1.82) is 0 Å². The number of aliphatic carboxylic acids is 1. The van der Waals surface area contributed by atoms with Crippen LogP contribution in [0.2, 0.25) is 0 Å². The van der Waals surface area contributed by atoms with E-state index < -0.39 is 17.9 Å². The van der Waals surface area contributed by atoms with Crippen molar-refractivity contribution in [2.24, 2.45) is 5.73 Å². The Morgan fingerprint density at radius 2 is 2.33 bits per heavy atom. The minimum absolute atomic E-state index is 0.269. The molecule has 0 saturated carbocycles. The number of nitrogens with two attached hydrogens (primary N) is 1. The fraction of sp³-hybridized carbons (Fsp3) is 0.600. The van der Waals surface area contributed by atoms with Gasteiger partial charge in [-0.05, 0) is 0 Å². The van der Waals surface area contributed by atoms with Gasteiger partial charge in [0, 0.05) is 7.11 Å². The van der Waals surface area contributed by atoms with Gasteiger partial charge in [-0.3, -0.25) is 9.59 Å². The molecule has 12 heavy (non-hydrogen) atoms. The standard InChI is InChI=1S/C5H10BN2O4/c1-12-6-8-3(5(10)11)2-4(7)9/h3,8H,2H2,1H3,(H2,7,9)(H,10,11)/t3-/m1/s1. The Labute approximate surface area is 70.4 Å². The third kappa shape index (κ3) is 4.70. The number of nitrogens with one attached hydrogen (secondary N) is 1. The number of hydrogen-bond donors (Lipinski definition) is 3. The molecule has 1 amide bonds. The molecule has 0 fully saturated rings. The van der Waals surface area contributed by atoms with Crippen LogP contribution in [0.1, 0.15) is 6.42 Å². The molecular weight excluding hydrogens is 163 g/mol. The molecular formula is C5H10BN2O4. The Balaban J connectivity index is 3.87. The molecule has 6 nitrogen and oxygen atoms in total. The number of carboxylic acids is 1. The van der Waals surface area contributed by atoms with Crippen LogP contribution in [0.4, 0.5) is 0 Å². The fourth-order valence-electron chi connectivity index (χ4n) is 0.569. The predicted molar refractivity (Wildman–Crippen MR) is 41.1 cm³/mol. The maximum absolute atomic E-state index is 10.4. The first-order valence-corrected chi connectivity index (χ1v) is 3.19. The Bertz CT molecular complexity index is 175. The average Bonchev–Trinajstić information content (AvgIpc) is 1.96. The van der Waals surface area contributed by atoms with Crippen LogP contribution >= 0.6 is 0 Å². The molecule has 0 aromatic rings. The topological polar surface area (TPSA) is 102 Å². The van der Waals surface area contributed by atoms with E-state index in [9.17, 15) is 9.59 Å². The molecule has 1 radical (unpaired) electrons. The maximum atomic E-state index is 10.4. The molecule has 0 aliphatic carbocycles. The number of carboxylic acid groups (broad SMARTS) is 1. The lowest BCUT2D eigenvalue weighted by atomic mass is 10.1. The van der Waals surface area contributed by atoms with Crippen LogP contribution < -0.4 is 11.0 Å². The Morgan fingerprint density at radius 1 is 1.75 bits per heavy atom. The maximum Gasteiger partial charge on any atom is 0.396 e. The number of amides is 1. The first-order chi connectivity index (χ1) is 5.57. The lowest BCUT2D eigenvalue weighted by Gasteiger charge is -2.09. The van der Waals surface area contributed by atoms with Crippen molar-refractivity contribution in [1.82, 2.24) is 5.23 Å². The largest absolute Gasteiger partial charge is 0.480 e. The summed E-state index contributed by atoms with van der Waals surface area (Å²) in [5.74, 6) is -1.83. The number of hydrogen-bond acceptors (Lipinski definition) is 4. The summed E-state index contributed by atoms with van der Waals surface area (Å²) in [4.78, 5) is 20.7. The molecule has 0 unspecified atom stereocenters. The quantitative estimate of drug-likeness (QED) is 0.406. The van der Waals surface area contributed by atoms with Crippen LogP contribution in [0.3, 0.4) is 0 Å². The zero-order chi connectivity index (χ0) is 9.56. The number of carbonyl (C=O) groups excluding carboxylic acids is 1. The molecule has 0 heterocycles. The summed E-state index contributed by atoms with van der Waals surface area (Å²) < 4.78 is 4.45. The van der Waals surface area contributed by atoms with E-state index in [-0.39, 0.29) is 6.42 Å². The molecule has 0 saturated heterocycles. The van der Waals surface area contributed by atoms with Crippen molar-refractivity contribution < 1.29 is 19.3 Å². The van der Waals surface area contributed by atoms with Crippen LogP contribution in [0, 0.1) is 0 Å². The summed E-state index contributed by atoms with van der Waals surface area (Å²) in [6.07, 6.45) is -0.269. The van der Waals surface area contributed by atoms with Crippen molar-refractivity contribution in [3.05, 3.63) is 0 Å². The van der Waals surface area contributed by atoms with E-state index in [2.05, 4.69) is 9.88 Å². The van der Waals surface area contributed by atoms with E-state index in [4.69, 9.17) is 10.8 Å². The van der Waals surface area contributed by atoms with Crippen molar-refractivity contribution in [2.75, 3.05) is 7.11 Å². The number of primary amides is 1. The second kappa shape index (κ2) is 5.56. The van der Waals surface area contributed by atoms with Gasteiger partial charge in [0.2, 0.25) is 5.91 Å². The minimum atomic E-state index is -1.15. The molecule has 0 aromatic carbocycles. The minimum Gasteiger partial charge on any atom is -0.480 e. The van der Waals surface area contributed by atoms with Crippen LogP contribution in [0.15, 0.2) is 0 Å². The molecule has 7 heteroatoms. The van der Waals surface area contributed by atoms with Crippen molar-refractivity contribution in [2.45, 2.75) is 12.5 Å². The molecule has 0 bridgehead atoms. The van der Waals surface area contributed by atoms with Gasteiger partial charge in [-0.2, -0.15) is 0 Å². The highest BCUT2D eigenvalue weighted by Gasteiger charge is 2.18. The normalized spacial score (nSPS) is 12.1. The van der Waals surface area contributed by atoms with Crippen LogP contribution in [0.25, 0.3) is 0 Å². The van der Waals surface area contributed by atoms with Crippen molar-refractivity contribution in [3.63, 3.8) is 0 Å². The van der Waals surface area contributed by atoms with Gasteiger partial charge in [0.15, 0.2) is 0 Å². The van der Waals surface area contributed by atoms with Gasteiger partial charge in [-0.1, -0.05) is 0 Å². The monoisotopic (exact) mass is 173 g/mol. The Kier molecular flexibility index (Phi) is 5.06. The highest BCUT2D eigenvalue weighted by molar-refractivity contribution is 6.24. The number of carbonyl (C=O) groups is 2. The van der Waals surface area contributed by atoms with Crippen LogP contribution in [0.5, 0.6) is 0 Å². The third-order valence-corrected chi connectivity index (χ3v) is 1.09. The van der Waals surface area contributed by atoms with Crippen molar-refractivity contribution >= 4 is 19.5 Å². The lowest BCUT2D eigenvalue weighted by molar-refractivity contribution is -0.140. The Morgan fingerprint density at radius 3 is 2.67 bits per heavy atom. The van der Waals surface area contributed by atoms with Gasteiger partial charge < -0.3 is 20.7 Å². The summed E-state index contributed by atoms with van der Waals surface area (Å²) in [6.45, 7) is 0. The summed E-state index contributed by atoms with van der Waals surface area (Å²) in [6, 6.07) is -1.03. The highest BCUT2D eigenvalue weighted by atomic mass is 16.4. The second-order valence-electron chi connectivity index (χ2n) is 2.08. The molecule has 0 spiro atoms. The zero-order valence-corrected chi connectivity index (χ0v) is 6.61. The number of rotatable bonds is 6. The van der Waals surface area contributed by atoms with E-state index in [1.807, 2.05) is 0 Å². The molecule has 0 aromatic heterocycles. The van der Waals surface area contributed by atoms with Crippen LogP contribution in [-0.4, -0.2) is 37.8 Å². The predicted octanol–water partition coefficient (Wildman–Crippen LogP) is -1.91. The molecule has 4 N–H and O–H groups in total. The lowest BCUT2D eigenvalue weighted by Crippen LogP contribution is -2.42. The third-order valence-electron chi connectivity index (χ3n) is 1.09. The van der Waals surface area contributed by atoms with E-state index in [1.165, 1.54) is 7.11 Å². The second-order valence-corrected chi connectivity index (χ2v) is 2.08. The highest BCUT2D eigenvalue weighted by Crippen LogP contribution is 1.89. The molecule has 0 aliphatic rings. The van der Waals surface area contributed by atoms with E-state index in [0.29, 0.717) is 0 Å². The average molecular weight is 173 g/mol. The van der Waals surface area contributed by atoms with E-state index >= 15 is 0 Å². The molecule has 1 atom stereocenters. The summed E-state index contributed by atoms with van der Waals surface area (Å²) in [7, 11) is 2.44. The molecule has 0 aliphatic heterocycles. The van der Waals surface area contributed by atoms with Gasteiger partial charge >= 0.3 is 13.6 Å². The first-order valence-electron chi connectivity index (χ1n) is 3.19. The smallest absolute Gasteiger partial charge is 0.396 e. The summed E-state index contributed by atoms with van der Waals surface area (Å²) in [5, 5.41) is 10.9. The Hall–Kier alpha value is -1.08. The zero-order valence-electron chi connectivity index (χ0n) is 6.61. The molecule has 67 valence electrons. The van der Waals surface area contributed by atoms with Gasteiger partial charge in [0.05, 0.1) is 6.42 Å². The fourth-order valence-corrected chi connectivity index (χ4v) is 0.569.